The van der Waals surface area contributed by atoms with Crippen molar-refractivity contribution >= 4 is 16.0 Å². The number of nitrogens with zero attached hydrogens (tertiary/aromatic N) is 1. The third-order valence-electron chi connectivity index (χ3n) is 3.46. The van der Waals surface area contributed by atoms with Crippen LogP contribution < -0.4 is 0 Å². The van der Waals surface area contributed by atoms with Crippen LogP contribution >= 0.6 is 0 Å². The molecule has 0 amide bonds. The third kappa shape index (κ3) is 3.80. The molecule has 6 nitrogen and oxygen atoms in total. The average Bonchev–Trinajstić information content (AvgIpc) is 2.97. The number of benzene rings is 1. The molecule has 0 spiro atoms. The number of ether oxygens (including phenoxy) is 1. The molecule has 0 aliphatic heterocycles. The van der Waals surface area contributed by atoms with Crippen LogP contribution in [0.2, 0.25) is 0 Å². The molecule has 23 heavy (non-hydrogen) atoms. The second-order valence-electron chi connectivity index (χ2n) is 5.38. The van der Waals surface area contributed by atoms with Gasteiger partial charge in [0.15, 0.2) is 0 Å². The Labute approximate surface area is 135 Å². The molecule has 1 aromatic carbocycles. The molecule has 7 heteroatoms. The van der Waals surface area contributed by atoms with E-state index in [2.05, 4.69) is 0 Å². The van der Waals surface area contributed by atoms with Gasteiger partial charge in [0.1, 0.15) is 12.4 Å². The first kappa shape index (κ1) is 17.2. The molecule has 2 aromatic rings. The lowest BCUT2D eigenvalue weighted by Crippen LogP contribution is -2.21. The quantitative estimate of drug-likeness (QED) is 0.784. The molecular formula is C16H19NO5S. The van der Waals surface area contributed by atoms with Gasteiger partial charge in [-0.25, -0.2) is 17.5 Å². The Morgan fingerprint density at radius 3 is 2.43 bits per heavy atom. The van der Waals surface area contributed by atoms with E-state index < -0.39 is 16.0 Å². The van der Waals surface area contributed by atoms with Gasteiger partial charge in [0.2, 0.25) is 5.09 Å². The largest absolute Gasteiger partial charge is 0.454 e. The zero-order valence-electron chi connectivity index (χ0n) is 13.5. The van der Waals surface area contributed by atoms with Crippen LogP contribution in [0.4, 0.5) is 0 Å². The second kappa shape index (κ2) is 6.55. The van der Waals surface area contributed by atoms with Gasteiger partial charge in [-0.1, -0.05) is 6.07 Å². The monoisotopic (exact) mass is 337 g/mol. The van der Waals surface area contributed by atoms with Gasteiger partial charge in [0, 0.05) is 14.1 Å². The Morgan fingerprint density at radius 2 is 1.83 bits per heavy atom. The zero-order chi connectivity index (χ0) is 17.2. The van der Waals surface area contributed by atoms with Crippen molar-refractivity contribution in [2.45, 2.75) is 25.5 Å². The van der Waals surface area contributed by atoms with Crippen molar-refractivity contribution in [1.82, 2.24) is 4.31 Å². The highest BCUT2D eigenvalue weighted by molar-refractivity contribution is 7.88. The number of esters is 1. The summed E-state index contributed by atoms with van der Waals surface area (Å²) in [7, 11) is -0.803. The van der Waals surface area contributed by atoms with Gasteiger partial charge in [-0.05, 0) is 49.2 Å². The minimum atomic E-state index is -3.63. The lowest BCUT2D eigenvalue weighted by molar-refractivity contribution is 0.0440. The number of aryl methyl sites for hydroxylation is 2. The standard InChI is InChI=1S/C16H19NO5S/c1-11-5-6-13(9-12(11)2)16(18)21-10-14-7-8-15(22-14)23(19,20)17(3)4/h5-9H,10H2,1-4H3. The lowest BCUT2D eigenvalue weighted by atomic mass is 10.1. The molecule has 0 fully saturated rings. The summed E-state index contributed by atoms with van der Waals surface area (Å²) in [6, 6.07) is 8.11. The maximum atomic E-state index is 12.0. The van der Waals surface area contributed by atoms with E-state index in [0.717, 1.165) is 15.4 Å². The molecule has 0 bridgehead atoms. The van der Waals surface area contributed by atoms with Gasteiger partial charge in [0.25, 0.3) is 10.0 Å². The van der Waals surface area contributed by atoms with Gasteiger partial charge in [-0.3, -0.25) is 0 Å². The smallest absolute Gasteiger partial charge is 0.338 e. The van der Waals surface area contributed by atoms with Gasteiger partial charge in [-0.15, -0.1) is 0 Å². The summed E-state index contributed by atoms with van der Waals surface area (Å²) in [6.45, 7) is 3.74. The molecule has 2 rings (SSSR count). The molecule has 0 radical (unpaired) electrons. The molecule has 1 heterocycles. The van der Waals surface area contributed by atoms with Crippen LogP contribution in [0.5, 0.6) is 0 Å². The Hall–Kier alpha value is -2.12. The highest BCUT2D eigenvalue weighted by Crippen LogP contribution is 2.18. The van der Waals surface area contributed by atoms with Gasteiger partial charge in [0.05, 0.1) is 5.56 Å². The van der Waals surface area contributed by atoms with Gasteiger partial charge < -0.3 is 9.15 Å². The molecule has 0 saturated heterocycles. The summed E-state index contributed by atoms with van der Waals surface area (Å²) < 4.78 is 35.2. The summed E-state index contributed by atoms with van der Waals surface area (Å²) in [5, 5.41) is -0.181. The van der Waals surface area contributed by atoms with Crippen LogP contribution in [-0.4, -0.2) is 32.8 Å². The van der Waals surface area contributed by atoms with E-state index in [9.17, 15) is 13.2 Å². The van der Waals surface area contributed by atoms with Crippen molar-refractivity contribution in [3.8, 4) is 0 Å². The number of rotatable bonds is 5. The number of furan rings is 1. The SMILES string of the molecule is Cc1ccc(C(=O)OCc2ccc(S(=O)(=O)N(C)C)o2)cc1C. The molecule has 0 atom stereocenters. The molecule has 0 saturated carbocycles. The Morgan fingerprint density at radius 1 is 1.13 bits per heavy atom. The summed E-state index contributed by atoms with van der Waals surface area (Å²) >= 11 is 0. The van der Waals surface area contributed by atoms with Crippen molar-refractivity contribution < 1.29 is 22.4 Å². The maximum Gasteiger partial charge on any atom is 0.338 e. The molecular weight excluding hydrogens is 318 g/mol. The fraction of sp³-hybridized carbons (Fsp3) is 0.312. The predicted octanol–water partition coefficient (Wildman–Crippen LogP) is 2.50. The van der Waals surface area contributed by atoms with E-state index >= 15 is 0 Å². The number of hydrogen-bond donors (Lipinski definition) is 0. The fourth-order valence-electron chi connectivity index (χ4n) is 1.84. The summed E-state index contributed by atoms with van der Waals surface area (Å²) in [5.74, 6) is -0.218. The first-order chi connectivity index (χ1) is 10.7. The topological polar surface area (TPSA) is 76.8 Å². The lowest BCUT2D eigenvalue weighted by Gasteiger charge is -2.08. The van der Waals surface area contributed by atoms with E-state index in [4.69, 9.17) is 9.15 Å². The maximum absolute atomic E-state index is 12.0. The molecule has 0 aliphatic carbocycles. The average molecular weight is 337 g/mol. The van der Waals surface area contributed by atoms with E-state index in [1.54, 1.807) is 12.1 Å². The van der Waals surface area contributed by atoms with Crippen LogP contribution in [0, 0.1) is 13.8 Å². The van der Waals surface area contributed by atoms with E-state index in [1.165, 1.54) is 26.2 Å². The van der Waals surface area contributed by atoms with Crippen molar-refractivity contribution in [2.24, 2.45) is 0 Å². The van der Waals surface area contributed by atoms with Crippen LogP contribution in [0.25, 0.3) is 0 Å². The molecule has 0 N–H and O–H groups in total. The van der Waals surface area contributed by atoms with Crippen molar-refractivity contribution in [2.75, 3.05) is 14.1 Å². The number of carbonyl (C=O) groups excluding carboxylic acids is 1. The normalized spacial score (nSPS) is 11.7. The van der Waals surface area contributed by atoms with Crippen molar-refractivity contribution in [3.63, 3.8) is 0 Å². The fourth-order valence-corrected chi connectivity index (χ4v) is 2.66. The van der Waals surface area contributed by atoms with Crippen LogP contribution in [0.1, 0.15) is 27.2 Å². The van der Waals surface area contributed by atoms with Crippen LogP contribution in [0.3, 0.4) is 0 Å². The number of sulfonamides is 1. The van der Waals surface area contributed by atoms with Crippen molar-refractivity contribution in [1.29, 1.82) is 0 Å². The minimum Gasteiger partial charge on any atom is -0.454 e. The molecule has 1 aromatic heterocycles. The summed E-state index contributed by atoms with van der Waals surface area (Å²) in [5.41, 5.74) is 2.53. The Bertz CT molecular complexity index is 821. The van der Waals surface area contributed by atoms with Crippen molar-refractivity contribution in [3.05, 3.63) is 52.8 Å². The highest BCUT2D eigenvalue weighted by Gasteiger charge is 2.21. The van der Waals surface area contributed by atoms with E-state index in [0.29, 0.717) is 5.56 Å². The third-order valence-corrected chi connectivity index (χ3v) is 5.15. The first-order valence-corrected chi connectivity index (χ1v) is 8.41. The molecule has 0 unspecified atom stereocenters. The molecule has 0 aliphatic rings. The van der Waals surface area contributed by atoms with E-state index in [1.807, 2.05) is 19.9 Å². The van der Waals surface area contributed by atoms with Gasteiger partial charge in [-0.2, -0.15) is 0 Å². The first-order valence-electron chi connectivity index (χ1n) is 6.97. The van der Waals surface area contributed by atoms with E-state index in [-0.39, 0.29) is 17.5 Å². The van der Waals surface area contributed by atoms with Crippen LogP contribution in [0.15, 0.2) is 39.8 Å². The Kier molecular flexibility index (Phi) is 4.91. The predicted molar refractivity (Wildman–Crippen MR) is 84.6 cm³/mol. The van der Waals surface area contributed by atoms with Gasteiger partial charge >= 0.3 is 5.97 Å². The second-order valence-corrected chi connectivity index (χ2v) is 7.47. The number of carbonyl (C=O) groups is 1. The summed E-state index contributed by atoms with van der Waals surface area (Å²) in [4.78, 5) is 12.0. The zero-order valence-corrected chi connectivity index (χ0v) is 14.3. The highest BCUT2D eigenvalue weighted by atomic mass is 32.2. The molecule has 124 valence electrons. The Balaban J connectivity index is 2.05. The number of hydrogen-bond acceptors (Lipinski definition) is 5. The summed E-state index contributed by atoms with van der Waals surface area (Å²) in [6.07, 6.45) is 0. The minimum absolute atomic E-state index is 0.130. The van der Waals surface area contributed by atoms with Crippen LogP contribution in [-0.2, 0) is 21.4 Å².